The molecule has 0 fully saturated rings. The largest absolute Gasteiger partial charge is 0.486 e. The zero-order chi connectivity index (χ0) is 21.2. The van der Waals surface area contributed by atoms with Crippen molar-refractivity contribution in [3.05, 3.63) is 58.0 Å². The third kappa shape index (κ3) is 4.90. The number of carbonyl (C=O) groups is 1. The average molecular weight is 410 g/mol. The standard InChI is InChI=1S/C20H21F3N2O4/c1-12(2)19(13-3-5-15-16(9-13)29-8-7-28-15)24-17(26)11-25-10-14(20(21,22)23)4-6-18(25)27/h3-6,9-10,12,19H,7-8,11H2,1-2H3,(H,24,26)/t19-/m1/s1. The average Bonchev–Trinajstić information content (AvgIpc) is 2.66. The maximum Gasteiger partial charge on any atom is 0.417 e. The van der Waals surface area contributed by atoms with Crippen molar-refractivity contribution in [2.45, 2.75) is 32.6 Å². The van der Waals surface area contributed by atoms with Crippen molar-refractivity contribution in [2.75, 3.05) is 13.2 Å². The number of fused-ring (bicyclic) bond motifs is 1. The normalized spacial score (nSPS) is 14.6. The lowest BCUT2D eigenvalue weighted by molar-refractivity contribution is -0.138. The molecular formula is C20H21F3N2O4. The Bertz CT molecular complexity index is 953. The second-order valence-electron chi connectivity index (χ2n) is 7.07. The molecule has 3 rings (SSSR count). The van der Waals surface area contributed by atoms with Crippen LogP contribution in [-0.4, -0.2) is 23.7 Å². The molecule has 1 atom stereocenters. The van der Waals surface area contributed by atoms with Crippen LogP contribution in [0.2, 0.25) is 0 Å². The molecule has 1 aromatic heterocycles. The van der Waals surface area contributed by atoms with Gasteiger partial charge in [0.25, 0.3) is 5.56 Å². The van der Waals surface area contributed by atoms with Crippen LogP contribution in [0.25, 0.3) is 0 Å². The summed E-state index contributed by atoms with van der Waals surface area (Å²) in [4.78, 5) is 24.4. The fourth-order valence-electron chi connectivity index (χ4n) is 3.08. The summed E-state index contributed by atoms with van der Waals surface area (Å²) in [7, 11) is 0. The van der Waals surface area contributed by atoms with E-state index in [9.17, 15) is 22.8 Å². The number of hydrogen-bond acceptors (Lipinski definition) is 4. The Hall–Kier alpha value is -2.97. The molecule has 9 heteroatoms. The lowest BCUT2D eigenvalue weighted by Gasteiger charge is -2.25. The highest BCUT2D eigenvalue weighted by atomic mass is 19.4. The minimum atomic E-state index is -4.60. The lowest BCUT2D eigenvalue weighted by atomic mass is 9.95. The molecule has 0 bridgehead atoms. The first-order valence-corrected chi connectivity index (χ1v) is 9.12. The molecule has 1 amide bonds. The van der Waals surface area contributed by atoms with Crippen LogP contribution in [0.5, 0.6) is 11.5 Å². The van der Waals surface area contributed by atoms with Gasteiger partial charge in [0.15, 0.2) is 11.5 Å². The first-order valence-electron chi connectivity index (χ1n) is 9.12. The summed E-state index contributed by atoms with van der Waals surface area (Å²) < 4.78 is 50.4. The lowest BCUT2D eigenvalue weighted by Crippen LogP contribution is -2.36. The van der Waals surface area contributed by atoms with Gasteiger partial charge in [-0.15, -0.1) is 0 Å². The monoisotopic (exact) mass is 410 g/mol. The quantitative estimate of drug-likeness (QED) is 0.822. The Labute approximate surface area is 165 Å². The van der Waals surface area contributed by atoms with Crippen molar-refractivity contribution in [3.8, 4) is 11.5 Å². The van der Waals surface area contributed by atoms with Gasteiger partial charge < -0.3 is 19.4 Å². The summed E-state index contributed by atoms with van der Waals surface area (Å²) in [6, 6.07) is 6.41. The first-order chi connectivity index (χ1) is 13.6. The number of aromatic nitrogens is 1. The highest BCUT2D eigenvalue weighted by Crippen LogP contribution is 2.34. The van der Waals surface area contributed by atoms with E-state index in [-0.39, 0.29) is 5.92 Å². The molecule has 0 spiro atoms. The molecule has 0 radical (unpaired) electrons. The molecule has 1 N–H and O–H groups in total. The van der Waals surface area contributed by atoms with Crippen molar-refractivity contribution < 1.29 is 27.4 Å². The van der Waals surface area contributed by atoms with Gasteiger partial charge in [-0.3, -0.25) is 9.59 Å². The van der Waals surface area contributed by atoms with Gasteiger partial charge in [0, 0.05) is 12.3 Å². The number of carbonyl (C=O) groups excluding carboxylic acids is 1. The van der Waals surface area contributed by atoms with E-state index in [1.807, 2.05) is 13.8 Å². The van der Waals surface area contributed by atoms with Crippen molar-refractivity contribution in [2.24, 2.45) is 5.92 Å². The highest BCUT2D eigenvalue weighted by Gasteiger charge is 2.31. The van der Waals surface area contributed by atoms with E-state index in [0.29, 0.717) is 37.0 Å². The molecule has 156 valence electrons. The number of pyridine rings is 1. The Kier molecular flexibility index (Phi) is 5.86. The molecule has 0 aliphatic carbocycles. The van der Waals surface area contributed by atoms with Crippen LogP contribution in [0.3, 0.4) is 0 Å². The number of amides is 1. The molecule has 1 aliphatic heterocycles. The minimum absolute atomic E-state index is 0.0141. The number of rotatable bonds is 5. The molecule has 1 aliphatic rings. The predicted octanol–water partition coefficient (Wildman–Crippen LogP) is 3.15. The summed E-state index contributed by atoms with van der Waals surface area (Å²) in [5.74, 6) is 0.604. The van der Waals surface area contributed by atoms with Crippen molar-refractivity contribution in [1.82, 2.24) is 9.88 Å². The number of nitrogens with one attached hydrogen (secondary N) is 1. The Morgan fingerprint density at radius 1 is 1.14 bits per heavy atom. The van der Waals surface area contributed by atoms with Crippen LogP contribution in [0.1, 0.15) is 31.0 Å². The molecule has 0 saturated heterocycles. The van der Waals surface area contributed by atoms with Gasteiger partial charge in [-0.2, -0.15) is 13.2 Å². The highest BCUT2D eigenvalue weighted by molar-refractivity contribution is 5.76. The van der Waals surface area contributed by atoms with E-state index >= 15 is 0 Å². The Morgan fingerprint density at radius 2 is 1.83 bits per heavy atom. The van der Waals surface area contributed by atoms with Crippen molar-refractivity contribution in [1.29, 1.82) is 0 Å². The van der Waals surface area contributed by atoms with Gasteiger partial charge in [0.2, 0.25) is 5.91 Å². The third-order valence-electron chi connectivity index (χ3n) is 4.53. The van der Waals surface area contributed by atoms with Gasteiger partial charge in [-0.1, -0.05) is 19.9 Å². The molecule has 0 unspecified atom stereocenters. The third-order valence-corrected chi connectivity index (χ3v) is 4.53. The summed E-state index contributed by atoms with van der Waals surface area (Å²) in [6.45, 7) is 4.17. The summed E-state index contributed by atoms with van der Waals surface area (Å²) in [5, 5.41) is 2.80. The fourth-order valence-corrected chi connectivity index (χ4v) is 3.08. The van der Waals surface area contributed by atoms with Crippen LogP contribution in [0, 0.1) is 5.92 Å². The second kappa shape index (κ2) is 8.18. The first kappa shape index (κ1) is 20.8. The zero-order valence-corrected chi connectivity index (χ0v) is 16.0. The summed E-state index contributed by atoms with van der Waals surface area (Å²) >= 11 is 0. The number of ether oxygens (including phenoxy) is 2. The minimum Gasteiger partial charge on any atom is -0.486 e. The maximum atomic E-state index is 12.9. The van der Waals surface area contributed by atoms with Crippen LogP contribution < -0.4 is 20.3 Å². The van der Waals surface area contributed by atoms with Gasteiger partial charge in [-0.05, 0) is 29.7 Å². The Balaban J connectivity index is 1.78. The van der Waals surface area contributed by atoms with Gasteiger partial charge in [0.05, 0.1) is 11.6 Å². The molecule has 2 aromatic rings. The molecular weight excluding hydrogens is 389 g/mol. The summed E-state index contributed by atoms with van der Waals surface area (Å²) in [5.41, 5.74) is -0.903. The van der Waals surface area contributed by atoms with E-state index in [2.05, 4.69) is 5.32 Å². The predicted molar refractivity (Wildman–Crippen MR) is 98.9 cm³/mol. The molecule has 29 heavy (non-hydrogen) atoms. The number of alkyl halides is 3. The van der Waals surface area contributed by atoms with E-state index < -0.39 is 35.8 Å². The zero-order valence-electron chi connectivity index (χ0n) is 16.0. The summed E-state index contributed by atoms with van der Waals surface area (Å²) in [6.07, 6.45) is -3.95. The van der Waals surface area contributed by atoms with E-state index in [1.165, 1.54) is 0 Å². The SMILES string of the molecule is CC(C)[C@@H](NC(=O)Cn1cc(C(F)(F)F)ccc1=O)c1ccc2c(c1)OCCO2. The van der Waals surface area contributed by atoms with E-state index in [4.69, 9.17) is 9.47 Å². The number of benzene rings is 1. The fraction of sp³-hybridized carbons (Fsp3) is 0.400. The molecule has 0 saturated carbocycles. The molecule has 1 aromatic carbocycles. The number of nitrogens with zero attached hydrogens (tertiary/aromatic N) is 1. The molecule has 2 heterocycles. The topological polar surface area (TPSA) is 69.6 Å². The van der Waals surface area contributed by atoms with Crippen LogP contribution in [0.15, 0.2) is 41.3 Å². The Morgan fingerprint density at radius 3 is 2.48 bits per heavy atom. The van der Waals surface area contributed by atoms with Crippen molar-refractivity contribution >= 4 is 5.91 Å². The van der Waals surface area contributed by atoms with Crippen LogP contribution in [0.4, 0.5) is 13.2 Å². The van der Waals surface area contributed by atoms with Gasteiger partial charge in [0.1, 0.15) is 19.8 Å². The van der Waals surface area contributed by atoms with Gasteiger partial charge in [-0.25, -0.2) is 0 Å². The smallest absolute Gasteiger partial charge is 0.417 e. The maximum absolute atomic E-state index is 12.9. The van der Waals surface area contributed by atoms with Crippen LogP contribution >= 0.6 is 0 Å². The van der Waals surface area contributed by atoms with Crippen molar-refractivity contribution in [3.63, 3.8) is 0 Å². The van der Waals surface area contributed by atoms with Gasteiger partial charge >= 0.3 is 6.18 Å². The number of halogens is 3. The van der Waals surface area contributed by atoms with E-state index in [0.717, 1.165) is 16.2 Å². The van der Waals surface area contributed by atoms with E-state index in [1.54, 1.807) is 18.2 Å². The second-order valence-corrected chi connectivity index (χ2v) is 7.07. The molecule has 6 nitrogen and oxygen atoms in total. The number of hydrogen-bond donors (Lipinski definition) is 1. The van der Waals surface area contributed by atoms with Crippen LogP contribution in [-0.2, 0) is 17.5 Å².